The lowest BCUT2D eigenvalue weighted by Crippen LogP contribution is -2.41. The van der Waals surface area contributed by atoms with Crippen LogP contribution in [0.2, 0.25) is 0 Å². The zero-order chi connectivity index (χ0) is 20.8. The Bertz CT molecular complexity index is 830. The molecule has 2 aromatic rings. The SMILES string of the molecule is O=C(CN1CCCN(CC(=O)N2CCCC2)CC1)Nc1ccnn1Cc1cccs1. The number of hydrogen-bond acceptors (Lipinski definition) is 6. The Balaban J connectivity index is 1.23. The van der Waals surface area contributed by atoms with E-state index in [9.17, 15) is 9.59 Å². The van der Waals surface area contributed by atoms with Gasteiger partial charge in [0.1, 0.15) is 5.82 Å². The second-order valence-corrected chi connectivity index (χ2v) is 9.03. The van der Waals surface area contributed by atoms with Crippen LogP contribution < -0.4 is 5.32 Å². The summed E-state index contributed by atoms with van der Waals surface area (Å²) in [4.78, 5) is 32.6. The van der Waals surface area contributed by atoms with E-state index in [-0.39, 0.29) is 11.8 Å². The van der Waals surface area contributed by atoms with Crippen molar-refractivity contribution in [3.05, 3.63) is 34.7 Å². The number of nitrogens with one attached hydrogen (secondary N) is 1. The molecule has 162 valence electrons. The van der Waals surface area contributed by atoms with Gasteiger partial charge in [-0.1, -0.05) is 6.07 Å². The summed E-state index contributed by atoms with van der Waals surface area (Å²) in [5.41, 5.74) is 0. The Labute approximate surface area is 181 Å². The van der Waals surface area contributed by atoms with Gasteiger partial charge in [0.2, 0.25) is 11.8 Å². The Morgan fingerprint density at radius 3 is 2.47 bits per heavy atom. The summed E-state index contributed by atoms with van der Waals surface area (Å²) >= 11 is 1.68. The molecule has 0 saturated carbocycles. The minimum Gasteiger partial charge on any atom is -0.342 e. The average molecular weight is 431 g/mol. The van der Waals surface area contributed by atoms with Gasteiger partial charge in [-0.25, -0.2) is 4.68 Å². The van der Waals surface area contributed by atoms with E-state index in [4.69, 9.17) is 0 Å². The van der Waals surface area contributed by atoms with Crippen molar-refractivity contribution in [1.29, 1.82) is 0 Å². The van der Waals surface area contributed by atoms with Crippen molar-refractivity contribution in [3.8, 4) is 0 Å². The van der Waals surface area contributed by atoms with E-state index in [0.717, 1.165) is 64.3 Å². The highest BCUT2D eigenvalue weighted by atomic mass is 32.1. The van der Waals surface area contributed by atoms with E-state index < -0.39 is 0 Å². The number of hydrogen-bond donors (Lipinski definition) is 1. The van der Waals surface area contributed by atoms with Crippen molar-refractivity contribution >= 4 is 29.0 Å². The van der Waals surface area contributed by atoms with Crippen LogP contribution in [0.4, 0.5) is 5.82 Å². The predicted molar refractivity (Wildman–Crippen MR) is 118 cm³/mol. The van der Waals surface area contributed by atoms with Crippen molar-refractivity contribution in [2.45, 2.75) is 25.8 Å². The van der Waals surface area contributed by atoms with Gasteiger partial charge in [0, 0.05) is 37.1 Å². The lowest BCUT2D eigenvalue weighted by molar-refractivity contribution is -0.131. The molecule has 9 heteroatoms. The molecule has 2 aromatic heterocycles. The number of aromatic nitrogens is 2. The molecule has 2 aliphatic rings. The molecule has 0 bridgehead atoms. The molecular weight excluding hydrogens is 400 g/mol. The van der Waals surface area contributed by atoms with E-state index in [2.05, 4.69) is 26.3 Å². The molecule has 2 amide bonds. The van der Waals surface area contributed by atoms with Gasteiger partial charge in [0.25, 0.3) is 0 Å². The van der Waals surface area contributed by atoms with E-state index >= 15 is 0 Å². The second kappa shape index (κ2) is 10.2. The third-order valence-corrected chi connectivity index (χ3v) is 6.60. The fraction of sp³-hybridized carbons (Fsp3) is 0.571. The molecule has 2 fully saturated rings. The lowest BCUT2D eigenvalue weighted by atomic mass is 10.3. The topological polar surface area (TPSA) is 73.7 Å². The van der Waals surface area contributed by atoms with Crippen LogP contribution in [0.3, 0.4) is 0 Å². The minimum absolute atomic E-state index is 0.0236. The number of thiophene rings is 1. The standard InChI is InChI=1S/C21H30N6O2S/c28-20(23-19-6-7-22-27(19)15-18-5-3-14-30-18)16-24-8-4-9-25(13-12-24)17-21(29)26-10-1-2-11-26/h3,5-7,14H,1-2,4,8-13,15-17H2,(H,23,28). The van der Waals surface area contributed by atoms with Crippen LogP contribution in [0.15, 0.2) is 29.8 Å². The fourth-order valence-electron chi connectivity index (χ4n) is 4.10. The number of anilines is 1. The summed E-state index contributed by atoms with van der Waals surface area (Å²) in [5.74, 6) is 0.947. The highest BCUT2D eigenvalue weighted by Gasteiger charge is 2.23. The van der Waals surface area contributed by atoms with Gasteiger partial charge in [0.05, 0.1) is 25.8 Å². The van der Waals surface area contributed by atoms with Crippen molar-refractivity contribution in [1.82, 2.24) is 24.5 Å². The Kier molecular flexibility index (Phi) is 7.14. The van der Waals surface area contributed by atoms with Crippen molar-refractivity contribution in [2.75, 3.05) is 57.7 Å². The van der Waals surface area contributed by atoms with Gasteiger partial charge in [-0.15, -0.1) is 11.3 Å². The quantitative estimate of drug-likeness (QED) is 0.722. The number of likely N-dealkylation sites (tertiary alicyclic amines) is 1. The molecule has 0 aromatic carbocycles. The molecule has 0 aliphatic carbocycles. The first-order valence-electron chi connectivity index (χ1n) is 10.7. The van der Waals surface area contributed by atoms with Crippen LogP contribution in [0.5, 0.6) is 0 Å². The smallest absolute Gasteiger partial charge is 0.239 e. The summed E-state index contributed by atoms with van der Waals surface area (Å²) in [6.07, 6.45) is 4.93. The maximum Gasteiger partial charge on any atom is 0.239 e. The van der Waals surface area contributed by atoms with Gasteiger partial charge in [-0.3, -0.25) is 19.4 Å². The molecule has 2 saturated heterocycles. The average Bonchev–Trinajstić information content (AvgIpc) is 3.48. The molecule has 30 heavy (non-hydrogen) atoms. The summed E-state index contributed by atoms with van der Waals surface area (Å²) in [6.45, 7) is 6.73. The lowest BCUT2D eigenvalue weighted by Gasteiger charge is -2.23. The third-order valence-electron chi connectivity index (χ3n) is 5.74. The summed E-state index contributed by atoms with van der Waals surface area (Å²) in [5, 5.41) is 9.37. The van der Waals surface area contributed by atoms with Crippen molar-refractivity contribution in [2.24, 2.45) is 0 Å². The third kappa shape index (κ3) is 5.68. The number of nitrogens with zero attached hydrogens (tertiary/aromatic N) is 5. The Hall–Kier alpha value is -2.23. The largest absolute Gasteiger partial charge is 0.342 e. The van der Waals surface area contributed by atoms with E-state index in [1.165, 1.54) is 4.88 Å². The molecule has 0 spiro atoms. The van der Waals surface area contributed by atoms with Gasteiger partial charge >= 0.3 is 0 Å². The zero-order valence-electron chi connectivity index (χ0n) is 17.3. The first-order chi connectivity index (χ1) is 14.7. The second-order valence-electron chi connectivity index (χ2n) is 8.00. The van der Waals surface area contributed by atoms with E-state index in [1.54, 1.807) is 17.5 Å². The molecule has 0 atom stereocenters. The summed E-state index contributed by atoms with van der Waals surface area (Å²) in [7, 11) is 0. The number of amides is 2. The first kappa shape index (κ1) is 21.0. The Morgan fingerprint density at radius 2 is 1.73 bits per heavy atom. The minimum atomic E-state index is -0.0236. The Morgan fingerprint density at radius 1 is 0.967 bits per heavy atom. The number of carbonyl (C=O) groups excluding carboxylic acids is 2. The highest BCUT2D eigenvalue weighted by Crippen LogP contribution is 2.14. The number of carbonyl (C=O) groups is 2. The maximum absolute atomic E-state index is 12.6. The zero-order valence-corrected chi connectivity index (χ0v) is 18.1. The molecule has 8 nitrogen and oxygen atoms in total. The molecule has 4 heterocycles. The highest BCUT2D eigenvalue weighted by molar-refractivity contribution is 7.09. The van der Waals surface area contributed by atoms with Gasteiger partial charge in [-0.2, -0.15) is 5.10 Å². The van der Waals surface area contributed by atoms with E-state index in [0.29, 0.717) is 19.6 Å². The molecule has 2 aliphatic heterocycles. The van der Waals surface area contributed by atoms with Crippen LogP contribution in [-0.2, 0) is 16.1 Å². The summed E-state index contributed by atoms with van der Waals surface area (Å²) < 4.78 is 1.82. The molecule has 0 radical (unpaired) electrons. The molecular formula is C21H30N6O2S. The van der Waals surface area contributed by atoms with Crippen LogP contribution >= 0.6 is 11.3 Å². The van der Waals surface area contributed by atoms with Crippen molar-refractivity contribution in [3.63, 3.8) is 0 Å². The summed E-state index contributed by atoms with van der Waals surface area (Å²) in [6, 6.07) is 5.91. The number of rotatable bonds is 7. The van der Waals surface area contributed by atoms with Crippen LogP contribution in [-0.4, -0.2) is 88.7 Å². The van der Waals surface area contributed by atoms with Crippen molar-refractivity contribution < 1.29 is 9.59 Å². The van der Waals surface area contributed by atoms with Crippen LogP contribution in [0.25, 0.3) is 0 Å². The van der Waals surface area contributed by atoms with Crippen LogP contribution in [0, 0.1) is 0 Å². The van der Waals surface area contributed by atoms with Crippen LogP contribution in [0.1, 0.15) is 24.1 Å². The predicted octanol–water partition coefficient (Wildman–Crippen LogP) is 1.56. The van der Waals surface area contributed by atoms with Gasteiger partial charge in [0.15, 0.2) is 0 Å². The first-order valence-corrected chi connectivity index (χ1v) is 11.6. The molecule has 0 unspecified atom stereocenters. The molecule has 4 rings (SSSR count). The normalized spacial score (nSPS) is 18.5. The fourth-order valence-corrected chi connectivity index (χ4v) is 4.78. The maximum atomic E-state index is 12.6. The van der Waals surface area contributed by atoms with Gasteiger partial charge < -0.3 is 10.2 Å². The van der Waals surface area contributed by atoms with E-state index in [1.807, 2.05) is 27.1 Å². The molecule has 1 N–H and O–H groups in total. The monoisotopic (exact) mass is 430 g/mol. The van der Waals surface area contributed by atoms with Gasteiger partial charge in [-0.05, 0) is 43.8 Å².